The van der Waals surface area contributed by atoms with Crippen LogP contribution in [-0.4, -0.2) is 47.0 Å². The molecule has 0 saturated heterocycles. The van der Waals surface area contributed by atoms with Gasteiger partial charge in [-0.05, 0) is 38.5 Å². The maximum absolute atomic E-state index is 10.1. The molecule has 25 heavy (non-hydrogen) atoms. The van der Waals surface area contributed by atoms with Crippen molar-refractivity contribution < 1.29 is 19.3 Å². The highest BCUT2D eigenvalue weighted by Crippen LogP contribution is 2.35. The summed E-state index contributed by atoms with van der Waals surface area (Å²) < 4.78 is 18.1. The molecule has 2 aromatic rings. The number of fused-ring (bicyclic) bond motifs is 1. The van der Waals surface area contributed by atoms with Crippen LogP contribution in [0.4, 0.5) is 0 Å². The molecule has 136 valence electrons. The molecule has 0 fully saturated rings. The molecule has 1 aromatic carbocycles. The number of nitrogens with one attached hydrogen (secondary N) is 1. The van der Waals surface area contributed by atoms with Gasteiger partial charge < -0.3 is 24.6 Å². The first kappa shape index (κ1) is 17.6. The van der Waals surface area contributed by atoms with Gasteiger partial charge in [0.1, 0.15) is 18.5 Å². The van der Waals surface area contributed by atoms with E-state index in [1.54, 1.807) is 18.2 Å². The van der Waals surface area contributed by atoms with Gasteiger partial charge >= 0.3 is 0 Å². The van der Waals surface area contributed by atoms with E-state index in [9.17, 15) is 5.11 Å². The van der Waals surface area contributed by atoms with Crippen LogP contribution in [0.1, 0.15) is 25.5 Å². The minimum absolute atomic E-state index is 0.166. The Morgan fingerprint density at radius 1 is 1.32 bits per heavy atom. The number of hydrogen-bond donors (Lipinski definition) is 2. The number of aryl methyl sites for hydroxylation is 1. The lowest BCUT2D eigenvalue weighted by Gasteiger charge is -2.23. The van der Waals surface area contributed by atoms with Gasteiger partial charge in [-0.3, -0.25) is 4.68 Å². The molecule has 2 N–H and O–H groups in total. The predicted octanol–water partition coefficient (Wildman–Crippen LogP) is 1.90. The van der Waals surface area contributed by atoms with Crippen LogP contribution in [0.15, 0.2) is 30.6 Å². The topological polar surface area (TPSA) is 77.8 Å². The number of hydrogen-bond acceptors (Lipinski definition) is 6. The van der Waals surface area contributed by atoms with Gasteiger partial charge in [0, 0.05) is 24.8 Å². The number of rotatable bonds is 8. The first-order valence-corrected chi connectivity index (χ1v) is 8.47. The van der Waals surface area contributed by atoms with E-state index < -0.39 is 6.10 Å². The third kappa shape index (κ3) is 4.43. The molecule has 0 spiro atoms. The van der Waals surface area contributed by atoms with Crippen LogP contribution in [0, 0.1) is 6.92 Å². The number of aliphatic hydroxyl groups is 1. The van der Waals surface area contributed by atoms with Crippen molar-refractivity contribution in [3.63, 3.8) is 0 Å². The highest BCUT2D eigenvalue weighted by atomic mass is 16.7. The zero-order chi connectivity index (χ0) is 17.8. The molecular weight excluding hydrogens is 322 g/mol. The summed E-state index contributed by atoms with van der Waals surface area (Å²) in [6.07, 6.45) is 3.25. The van der Waals surface area contributed by atoms with E-state index in [0.717, 1.165) is 5.56 Å². The van der Waals surface area contributed by atoms with E-state index in [2.05, 4.69) is 24.3 Å². The maximum atomic E-state index is 10.1. The van der Waals surface area contributed by atoms with Crippen molar-refractivity contribution in [1.82, 2.24) is 15.1 Å². The van der Waals surface area contributed by atoms with E-state index in [0.29, 0.717) is 23.8 Å². The Bertz CT molecular complexity index is 703. The van der Waals surface area contributed by atoms with Crippen LogP contribution in [0.25, 0.3) is 0 Å². The molecular formula is C18H25N3O4. The van der Waals surface area contributed by atoms with Gasteiger partial charge in [-0.2, -0.15) is 5.10 Å². The lowest BCUT2D eigenvalue weighted by Crippen LogP contribution is -2.40. The fourth-order valence-corrected chi connectivity index (χ4v) is 2.60. The number of aliphatic hydroxyl groups excluding tert-OH is 1. The van der Waals surface area contributed by atoms with Gasteiger partial charge in [-0.25, -0.2) is 0 Å². The van der Waals surface area contributed by atoms with Crippen molar-refractivity contribution in [2.75, 3.05) is 19.9 Å². The number of nitrogens with zero attached hydrogens (tertiary/aromatic N) is 2. The number of benzene rings is 1. The average molecular weight is 347 g/mol. The van der Waals surface area contributed by atoms with Gasteiger partial charge in [0.05, 0.1) is 12.2 Å². The molecule has 1 aliphatic rings. The van der Waals surface area contributed by atoms with Gasteiger partial charge in [-0.1, -0.05) is 0 Å². The summed E-state index contributed by atoms with van der Waals surface area (Å²) in [5, 5.41) is 17.8. The molecule has 0 bridgehead atoms. The molecule has 0 radical (unpaired) electrons. The molecule has 0 saturated carbocycles. The SMILES string of the molecule is Cc1cnn(C(C)C(C)NCC(O)COc2ccc3c(c2)OCO3)c1. The summed E-state index contributed by atoms with van der Waals surface area (Å²) in [5.41, 5.74) is 1.14. The van der Waals surface area contributed by atoms with Crippen LogP contribution in [0.5, 0.6) is 17.2 Å². The van der Waals surface area contributed by atoms with E-state index in [-0.39, 0.29) is 25.5 Å². The first-order chi connectivity index (χ1) is 12.0. The maximum Gasteiger partial charge on any atom is 0.231 e. The monoisotopic (exact) mass is 347 g/mol. The van der Waals surface area contributed by atoms with Crippen molar-refractivity contribution in [1.29, 1.82) is 0 Å². The van der Waals surface area contributed by atoms with Gasteiger partial charge in [0.2, 0.25) is 6.79 Å². The fraction of sp³-hybridized carbons (Fsp3) is 0.500. The average Bonchev–Trinajstić information content (AvgIpc) is 3.25. The number of aromatic nitrogens is 2. The quantitative estimate of drug-likeness (QED) is 0.759. The number of ether oxygens (including phenoxy) is 3. The van der Waals surface area contributed by atoms with Crippen molar-refractivity contribution in [2.45, 2.75) is 39.0 Å². The van der Waals surface area contributed by atoms with Crippen molar-refractivity contribution in [3.8, 4) is 17.2 Å². The smallest absolute Gasteiger partial charge is 0.231 e. The standard InChI is InChI=1S/C18H25N3O4/c1-12-7-20-21(9-12)14(3)13(2)19-8-15(22)10-23-16-4-5-17-18(6-16)25-11-24-17/h4-7,9,13-15,19,22H,8,10-11H2,1-3H3. The summed E-state index contributed by atoms with van der Waals surface area (Å²) in [6, 6.07) is 5.74. The van der Waals surface area contributed by atoms with E-state index in [1.807, 2.05) is 24.0 Å². The van der Waals surface area contributed by atoms with E-state index in [4.69, 9.17) is 14.2 Å². The molecule has 7 heteroatoms. The first-order valence-electron chi connectivity index (χ1n) is 8.47. The highest BCUT2D eigenvalue weighted by molar-refractivity contribution is 5.46. The minimum Gasteiger partial charge on any atom is -0.491 e. The molecule has 1 aliphatic heterocycles. The summed E-state index contributed by atoms with van der Waals surface area (Å²) >= 11 is 0. The van der Waals surface area contributed by atoms with Gasteiger partial charge in [0.15, 0.2) is 11.5 Å². The summed E-state index contributed by atoms with van der Waals surface area (Å²) in [7, 11) is 0. The Balaban J connectivity index is 1.42. The molecule has 3 unspecified atom stereocenters. The minimum atomic E-state index is -0.612. The Morgan fingerprint density at radius 2 is 2.12 bits per heavy atom. The van der Waals surface area contributed by atoms with Crippen LogP contribution < -0.4 is 19.5 Å². The lowest BCUT2D eigenvalue weighted by molar-refractivity contribution is 0.102. The normalized spacial score (nSPS) is 16.5. The largest absolute Gasteiger partial charge is 0.491 e. The van der Waals surface area contributed by atoms with Crippen molar-refractivity contribution >= 4 is 0 Å². The molecule has 2 heterocycles. The van der Waals surface area contributed by atoms with Crippen molar-refractivity contribution in [3.05, 3.63) is 36.2 Å². The fourth-order valence-electron chi connectivity index (χ4n) is 2.60. The zero-order valence-corrected chi connectivity index (χ0v) is 14.8. The second-order valence-electron chi connectivity index (χ2n) is 6.42. The Labute approximate surface area is 147 Å². The van der Waals surface area contributed by atoms with Gasteiger partial charge in [-0.15, -0.1) is 0 Å². The Hall–Kier alpha value is -2.25. The summed E-state index contributed by atoms with van der Waals surface area (Å²) in [5.74, 6) is 2.03. The van der Waals surface area contributed by atoms with E-state index >= 15 is 0 Å². The molecule has 0 aliphatic carbocycles. The molecule has 1 aromatic heterocycles. The van der Waals surface area contributed by atoms with Gasteiger partial charge in [0.25, 0.3) is 0 Å². The Kier molecular flexibility index (Phi) is 5.45. The van der Waals surface area contributed by atoms with Crippen molar-refractivity contribution in [2.24, 2.45) is 0 Å². The van der Waals surface area contributed by atoms with Crippen LogP contribution in [0.3, 0.4) is 0 Å². The molecule has 3 atom stereocenters. The lowest BCUT2D eigenvalue weighted by atomic mass is 10.1. The van der Waals surface area contributed by atoms with E-state index in [1.165, 1.54) is 0 Å². The molecule has 7 nitrogen and oxygen atoms in total. The summed E-state index contributed by atoms with van der Waals surface area (Å²) in [6.45, 7) is 7.07. The second kappa shape index (κ2) is 7.76. The molecule has 0 amide bonds. The van der Waals surface area contributed by atoms with Crippen LogP contribution in [0.2, 0.25) is 0 Å². The van der Waals surface area contributed by atoms with Crippen LogP contribution in [-0.2, 0) is 0 Å². The highest BCUT2D eigenvalue weighted by Gasteiger charge is 2.17. The predicted molar refractivity (Wildman–Crippen MR) is 93.2 cm³/mol. The molecule has 3 rings (SSSR count). The van der Waals surface area contributed by atoms with Crippen LogP contribution >= 0.6 is 0 Å². The summed E-state index contributed by atoms with van der Waals surface area (Å²) in [4.78, 5) is 0. The third-order valence-corrected chi connectivity index (χ3v) is 4.33. The second-order valence-corrected chi connectivity index (χ2v) is 6.42. The third-order valence-electron chi connectivity index (χ3n) is 4.33. The Morgan fingerprint density at radius 3 is 2.88 bits per heavy atom. The zero-order valence-electron chi connectivity index (χ0n) is 14.8.